The Labute approximate surface area is 142 Å². The Kier molecular flexibility index (Phi) is 9.89. The summed E-state index contributed by atoms with van der Waals surface area (Å²) in [5.74, 6) is 12.6. The normalized spacial score (nSPS) is 10.4. The lowest BCUT2D eigenvalue weighted by Crippen LogP contribution is -2.50. The number of aliphatic hydroxyl groups excluding tert-OH is 1. The molecule has 0 radical (unpaired) electrons. The van der Waals surface area contributed by atoms with Crippen molar-refractivity contribution in [3.05, 3.63) is 35.9 Å². The van der Waals surface area contributed by atoms with E-state index in [1.54, 1.807) is 0 Å². The van der Waals surface area contributed by atoms with Crippen molar-refractivity contribution >= 4 is 0 Å². The Bertz CT molecular complexity index is 534. The van der Waals surface area contributed by atoms with Crippen molar-refractivity contribution in [2.24, 2.45) is 0 Å². The summed E-state index contributed by atoms with van der Waals surface area (Å²) >= 11 is 0. The Balaban J connectivity index is 2.87. The quantitative estimate of drug-likeness (QED) is 0.576. The number of hydrogen-bond acceptors (Lipinski definition) is 1. The van der Waals surface area contributed by atoms with Crippen molar-refractivity contribution in [1.29, 1.82) is 0 Å². The molecule has 0 bridgehead atoms. The highest BCUT2D eigenvalue weighted by atomic mass is 16.2. The fourth-order valence-electron chi connectivity index (χ4n) is 2.58. The third-order valence-electron chi connectivity index (χ3n) is 4.01. The summed E-state index contributed by atoms with van der Waals surface area (Å²) in [7, 11) is 0. The maximum absolute atomic E-state index is 8.93. The van der Waals surface area contributed by atoms with Crippen LogP contribution in [0.5, 0.6) is 0 Å². The van der Waals surface area contributed by atoms with Gasteiger partial charge in [-0.25, -0.2) is 0 Å². The minimum absolute atomic E-state index is 0.0583. The molecular formula is C21H30NO+. The van der Waals surface area contributed by atoms with E-state index in [-0.39, 0.29) is 6.61 Å². The fraction of sp³-hybridized carbons (Fsp3) is 0.524. The molecule has 0 amide bonds. The van der Waals surface area contributed by atoms with E-state index in [1.165, 1.54) is 25.7 Å². The summed E-state index contributed by atoms with van der Waals surface area (Å²) in [5, 5.41) is 8.93. The van der Waals surface area contributed by atoms with Crippen molar-refractivity contribution in [1.82, 2.24) is 0 Å². The molecule has 2 nitrogen and oxygen atoms in total. The maximum Gasteiger partial charge on any atom is 0.142 e. The molecule has 1 rings (SSSR count). The number of hydrogen-bond donors (Lipinski definition) is 1. The van der Waals surface area contributed by atoms with Crippen LogP contribution >= 0.6 is 0 Å². The van der Waals surface area contributed by atoms with Crippen LogP contribution in [0, 0.1) is 23.7 Å². The molecule has 0 aromatic heterocycles. The lowest BCUT2D eigenvalue weighted by molar-refractivity contribution is -0.915. The van der Waals surface area contributed by atoms with Crippen LogP contribution in [0.1, 0.15) is 45.1 Å². The van der Waals surface area contributed by atoms with Crippen LogP contribution in [-0.2, 0) is 0 Å². The van der Waals surface area contributed by atoms with Crippen LogP contribution in [0.4, 0.5) is 0 Å². The van der Waals surface area contributed by atoms with Gasteiger partial charge in [-0.2, -0.15) is 0 Å². The monoisotopic (exact) mass is 312 g/mol. The van der Waals surface area contributed by atoms with E-state index in [0.29, 0.717) is 0 Å². The van der Waals surface area contributed by atoms with Gasteiger partial charge in [-0.15, -0.1) is 0 Å². The Morgan fingerprint density at radius 3 is 2.04 bits per heavy atom. The third kappa shape index (κ3) is 7.89. The van der Waals surface area contributed by atoms with E-state index in [0.717, 1.165) is 36.2 Å². The van der Waals surface area contributed by atoms with E-state index in [1.807, 2.05) is 30.3 Å². The molecule has 0 saturated heterocycles. The Morgan fingerprint density at radius 1 is 0.870 bits per heavy atom. The highest BCUT2D eigenvalue weighted by Crippen LogP contribution is 2.12. The van der Waals surface area contributed by atoms with Gasteiger partial charge in [0, 0.05) is 5.56 Å². The first kappa shape index (κ1) is 19.3. The number of rotatable bonds is 8. The van der Waals surface area contributed by atoms with Crippen LogP contribution in [0.3, 0.4) is 0 Å². The summed E-state index contributed by atoms with van der Waals surface area (Å²) in [5.41, 5.74) is 1.07. The second kappa shape index (κ2) is 11.8. The molecule has 1 aromatic rings. The molecule has 0 heterocycles. The zero-order valence-corrected chi connectivity index (χ0v) is 14.6. The highest BCUT2D eigenvalue weighted by molar-refractivity contribution is 5.33. The molecule has 1 aromatic carbocycles. The van der Waals surface area contributed by atoms with Crippen molar-refractivity contribution in [2.45, 2.75) is 39.5 Å². The predicted octanol–water partition coefficient (Wildman–Crippen LogP) is 3.45. The van der Waals surface area contributed by atoms with Crippen LogP contribution in [0.15, 0.2) is 30.3 Å². The second-order valence-corrected chi connectivity index (χ2v) is 5.99. The third-order valence-corrected chi connectivity index (χ3v) is 4.01. The molecule has 0 aliphatic carbocycles. The standard InChI is InChI=1S/C21H30NO/c1-3-5-16-22(17-6-4-2,18-10-11-20-23)19-12-15-21-13-8-7-9-14-21/h7-9,13-14,23H,3-6,16-20H2,1-2H3/q+1. The molecule has 0 fully saturated rings. The molecule has 1 N–H and O–H groups in total. The SMILES string of the molecule is CCCC[N+](CC#CCO)(CC#Cc1ccccc1)CCCC. The van der Waals surface area contributed by atoms with E-state index < -0.39 is 0 Å². The van der Waals surface area contributed by atoms with Gasteiger partial charge in [-0.1, -0.05) is 56.7 Å². The molecule has 0 spiro atoms. The molecule has 0 aliphatic rings. The fourth-order valence-corrected chi connectivity index (χ4v) is 2.58. The van der Waals surface area contributed by atoms with E-state index in [9.17, 15) is 0 Å². The first-order chi connectivity index (χ1) is 11.3. The van der Waals surface area contributed by atoms with Crippen LogP contribution in [-0.4, -0.2) is 42.4 Å². The van der Waals surface area contributed by atoms with Crippen LogP contribution in [0.2, 0.25) is 0 Å². The minimum atomic E-state index is -0.0583. The van der Waals surface area contributed by atoms with Crippen molar-refractivity contribution in [2.75, 3.05) is 32.8 Å². The average Bonchev–Trinajstić information content (AvgIpc) is 2.59. The van der Waals surface area contributed by atoms with Crippen LogP contribution in [0.25, 0.3) is 0 Å². The summed E-state index contributed by atoms with van der Waals surface area (Å²) in [6, 6.07) is 10.1. The molecule has 2 heteroatoms. The zero-order chi connectivity index (χ0) is 16.8. The summed E-state index contributed by atoms with van der Waals surface area (Å²) in [6.45, 7) is 8.23. The summed E-state index contributed by atoms with van der Waals surface area (Å²) in [4.78, 5) is 0. The van der Waals surface area contributed by atoms with Gasteiger partial charge in [-0.05, 0) is 36.8 Å². The van der Waals surface area contributed by atoms with Crippen molar-refractivity contribution < 1.29 is 9.59 Å². The highest BCUT2D eigenvalue weighted by Gasteiger charge is 2.24. The van der Waals surface area contributed by atoms with E-state index in [4.69, 9.17) is 5.11 Å². The number of unbranched alkanes of at least 4 members (excludes halogenated alkanes) is 2. The van der Waals surface area contributed by atoms with Crippen molar-refractivity contribution in [3.63, 3.8) is 0 Å². The van der Waals surface area contributed by atoms with Gasteiger partial charge in [0.15, 0.2) is 0 Å². The molecule has 0 aliphatic heterocycles. The van der Waals surface area contributed by atoms with Crippen molar-refractivity contribution in [3.8, 4) is 23.7 Å². The lowest BCUT2D eigenvalue weighted by Gasteiger charge is -2.35. The van der Waals surface area contributed by atoms with Gasteiger partial charge in [0.1, 0.15) is 19.7 Å². The minimum Gasteiger partial charge on any atom is -0.384 e. The van der Waals surface area contributed by atoms with E-state index in [2.05, 4.69) is 37.5 Å². The van der Waals surface area contributed by atoms with Crippen LogP contribution < -0.4 is 0 Å². The van der Waals surface area contributed by atoms with E-state index >= 15 is 0 Å². The zero-order valence-electron chi connectivity index (χ0n) is 14.6. The number of nitrogens with zero attached hydrogens (tertiary/aromatic N) is 1. The maximum atomic E-state index is 8.93. The van der Waals surface area contributed by atoms with Gasteiger partial charge >= 0.3 is 0 Å². The predicted molar refractivity (Wildman–Crippen MR) is 97.7 cm³/mol. The lowest BCUT2D eigenvalue weighted by atomic mass is 10.2. The first-order valence-electron chi connectivity index (χ1n) is 8.72. The van der Waals surface area contributed by atoms with Gasteiger partial charge in [0.25, 0.3) is 0 Å². The summed E-state index contributed by atoms with van der Waals surface area (Å²) < 4.78 is 0.925. The topological polar surface area (TPSA) is 20.2 Å². The molecular weight excluding hydrogens is 282 g/mol. The summed E-state index contributed by atoms with van der Waals surface area (Å²) in [6.07, 6.45) is 4.76. The van der Waals surface area contributed by atoms with Gasteiger partial charge in [0.05, 0.1) is 13.1 Å². The Hall–Kier alpha value is -1.74. The molecule has 0 atom stereocenters. The largest absolute Gasteiger partial charge is 0.384 e. The van der Waals surface area contributed by atoms with Gasteiger partial charge in [-0.3, -0.25) is 0 Å². The molecule has 124 valence electrons. The second-order valence-electron chi connectivity index (χ2n) is 5.99. The number of quaternary nitrogens is 1. The first-order valence-corrected chi connectivity index (χ1v) is 8.72. The molecule has 0 unspecified atom stereocenters. The smallest absolute Gasteiger partial charge is 0.142 e. The molecule has 0 saturated carbocycles. The number of benzene rings is 1. The Morgan fingerprint density at radius 2 is 1.48 bits per heavy atom. The van der Waals surface area contributed by atoms with Gasteiger partial charge in [0.2, 0.25) is 0 Å². The number of aliphatic hydroxyl groups is 1. The van der Waals surface area contributed by atoms with Gasteiger partial charge < -0.3 is 9.59 Å². The molecule has 23 heavy (non-hydrogen) atoms. The average molecular weight is 312 g/mol.